The van der Waals surface area contributed by atoms with E-state index in [1.807, 2.05) is 25.7 Å². The zero-order valence-electron chi connectivity index (χ0n) is 22.1. The Morgan fingerprint density at radius 3 is 2.50 bits per heavy atom. The van der Waals surface area contributed by atoms with Gasteiger partial charge in [0.25, 0.3) is 5.92 Å². The lowest BCUT2D eigenvalue weighted by Crippen LogP contribution is -2.56. The van der Waals surface area contributed by atoms with Gasteiger partial charge in [-0.05, 0) is 25.7 Å². The van der Waals surface area contributed by atoms with E-state index in [0.717, 1.165) is 31.8 Å². The molecule has 5 heterocycles. The number of nitrogens with zero attached hydrogens (tertiary/aromatic N) is 7. The molecular weight excluding hydrogens is 498 g/mol. The molecule has 3 atom stereocenters. The SMILES string of the molecule is CC(C)c1noc(N2CCC([C@H](C)Oc3cnc(N4C[C@H](N)[C@@H](N5CC(F)(F)CCC5=O)C4)nc3)CC2)n1. The first-order valence-electron chi connectivity index (χ1n) is 13.3. The van der Waals surface area contributed by atoms with Crippen LogP contribution in [0.5, 0.6) is 5.75 Å². The molecule has 11 nitrogen and oxygen atoms in total. The van der Waals surface area contributed by atoms with Crippen molar-refractivity contribution < 1.29 is 22.8 Å². The van der Waals surface area contributed by atoms with E-state index in [1.165, 1.54) is 4.90 Å². The second-order valence-electron chi connectivity index (χ2n) is 11.0. The number of aromatic nitrogens is 4. The van der Waals surface area contributed by atoms with Crippen LogP contribution < -0.4 is 20.3 Å². The van der Waals surface area contributed by atoms with Crippen molar-refractivity contribution in [1.82, 2.24) is 25.0 Å². The van der Waals surface area contributed by atoms with Crippen LogP contribution >= 0.6 is 0 Å². The van der Waals surface area contributed by atoms with Crippen molar-refractivity contribution in [3.05, 3.63) is 18.2 Å². The molecular formula is C25H36F2N8O3. The summed E-state index contributed by atoms with van der Waals surface area (Å²) < 4.78 is 39.4. The van der Waals surface area contributed by atoms with Crippen LogP contribution in [0.4, 0.5) is 20.7 Å². The van der Waals surface area contributed by atoms with Gasteiger partial charge in [0.2, 0.25) is 11.9 Å². The molecule has 38 heavy (non-hydrogen) atoms. The van der Waals surface area contributed by atoms with Crippen LogP contribution in [0.2, 0.25) is 0 Å². The molecule has 0 bridgehead atoms. The van der Waals surface area contributed by atoms with E-state index in [9.17, 15) is 13.6 Å². The van der Waals surface area contributed by atoms with Gasteiger partial charge in [0.05, 0.1) is 31.1 Å². The highest BCUT2D eigenvalue weighted by atomic mass is 19.3. The first-order chi connectivity index (χ1) is 18.1. The Kier molecular flexibility index (Phi) is 7.38. The molecule has 3 saturated heterocycles. The summed E-state index contributed by atoms with van der Waals surface area (Å²) in [6, 6.07) is -0.377. The fourth-order valence-electron chi connectivity index (χ4n) is 5.45. The third-order valence-corrected chi connectivity index (χ3v) is 7.80. The maximum Gasteiger partial charge on any atom is 0.324 e. The maximum atomic E-state index is 13.9. The molecule has 0 saturated carbocycles. The molecule has 0 spiro atoms. The molecule has 1 amide bonds. The number of halogens is 2. The van der Waals surface area contributed by atoms with Gasteiger partial charge in [0.15, 0.2) is 11.6 Å². The van der Waals surface area contributed by atoms with E-state index in [2.05, 4.69) is 25.0 Å². The lowest BCUT2D eigenvalue weighted by Gasteiger charge is -2.37. The van der Waals surface area contributed by atoms with E-state index in [1.54, 1.807) is 12.4 Å². The molecule has 2 N–H and O–H groups in total. The van der Waals surface area contributed by atoms with E-state index < -0.39 is 31.0 Å². The Morgan fingerprint density at radius 1 is 1.13 bits per heavy atom. The van der Waals surface area contributed by atoms with Crippen LogP contribution in [0, 0.1) is 5.92 Å². The van der Waals surface area contributed by atoms with Gasteiger partial charge in [-0.2, -0.15) is 4.98 Å². The number of hydrogen-bond acceptors (Lipinski definition) is 10. The van der Waals surface area contributed by atoms with E-state index in [0.29, 0.717) is 36.7 Å². The lowest BCUT2D eigenvalue weighted by molar-refractivity contribution is -0.150. The monoisotopic (exact) mass is 534 g/mol. The second-order valence-corrected chi connectivity index (χ2v) is 11.0. The largest absolute Gasteiger partial charge is 0.487 e. The van der Waals surface area contributed by atoms with Crippen LogP contribution in [0.25, 0.3) is 0 Å². The molecule has 208 valence electrons. The van der Waals surface area contributed by atoms with Crippen molar-refractivity contribution in [3.8, 4) is 5.75 Å². The number of piperidine rings is 2. The number of carbonyl (C=O) groups is 1. The molecule has 2 aromatic heterocycles. The second kappa shape index (κ2) is 10.6. The number of rotatable bonds is 7. The van der Waals surface area contributed by atoms with Gasteiger partial charge in [-0.25, -0.2) is 18.7 Å². The summed E-state index contributed by atoms with van der Waals surface area (Å²) in [5.41, 5.74) is 6.25. The third kappa shape index (κ3) is 5.67. The molecule has 2 aromatic rings. The highest BCUT2D eigenvalue weighted by Crippen LogP contribution is 2.32. The summed E-state index contributed by atoms with van der Waals surface area (Å²) >= 11 is 0. The molecule has 0 aliphatic carbocycles. The van der Waals surface area contributed by atoms with E-state index in [-0.39, 0.29) is 24.3 Å². The summed E-state index contributed by atoms with van der Waals surface area (Å²) in [6.07, 6.45) is 4.51. The maximum absolute atomic E-state index is 13.9. The minimum Gasteiger partial charge on any atom is -0.487 e. The van der Waals surface area contributed by atoms with Gasteiger partial charge in [-0.1, -0.05) is 19.0 Å². The van der Waals surface area contributed by atoms with Crippen LogP contribution in [-0.2, 0) is 4.79 Å². The van der Waals surface area contributed by atoms with Crippen molar-refractivity contribution >= 4 is 17.9 Å². The number of likely N-dealkylation sites (tertiary alicyclic amines) is 1. The molecule has 13 heteroatoms. The topological polar surface area (TPSA) is 127 Å². The average molecular weight is 535 g/mol. The number of hydrogen-bond donors (Lipinski definition) is 1. The number of amides is 1. The number of alkyl halides is 2. The highest BCUT2D eigenvalue weighted by molar-refractivity contribution is 5.78. The molecule has 3 aliphatic heterocycles. The Hall–Kier alpha value is -3.09. The average Bonchev–Trinajstić information content (AvgIpc) is 3.54. The van der Waals surface area contributed by atoms with Crippen LogP contribution in [0.1, 0.15) is 58.2 Å². The standard InChI is InChI=1S/C25H36F2N8O3/c1-15(2)22-31-24(38-32-22)33-8-5-17(6-9-33)16(3)37-18-10-29-23(30-11-18)34-12-19(28)20(13-34)35-14-25(26,27)7-4-21(35)36/h10-11,15-17,19-20H,4-9,12-14,28H2,1-3H3/t16-,19-,20-/m0/s1. The summed E-state index contributed by atoms with van der Waals surface area (Å²) in [5.74, 6) is -0.858. The van der Waals surface area contributed by atoms with Gasteiger partial charge < -0.3 is 29.7 Å². The fraction of sp³-hybridized carbons (Fsp3) is 0.720. The lowest BCUT2D eigenvalue weighted by atomic mass is 9.92. The van der Waals surface area contributed by atoms with Crippen molar-refractivity contribution in [2.45, 2.75) is 76.5 Å². The fourth-order valence-corrected chi connectivity index (χ4v) is 5.45. The molecule has 0 unspecified atom stereocenters. The van der Waals surface area contributed by atoms with Gasteiger partial charge in [0.1, 0.15) is 0 Å². The van der Waals surface area contributed by atoms with Gasteiger partial charge in [-0.3, -0.25) is 4.79 Å². The first kappa shape index (κ1) is 26.5. The minimum absolute atomic E-state index is 0.0307. The van der Waals surface area contributed by atoms with E-state index >= 15 is 0 Å². The number of anilines is 2. The number of nitrogens with two attached hydrogens (primary N) is 1. The van der Waals surface area contributed by atoms with Crippen LogP contribution in [-0.4, -0.2) is 87.7 Å². The van der Waals surface area contributed by atoms with Crippen molar-refractivity contribution in [1.29, 1.82) is 0 Å². The predicted molar refractivity (Wildman–Crippen MR) is 135 cm³/mol. The Bertz CT molecular complexity index is 1110. The smallest absolute Gasteiger partial charge is 0.324 e. The molecule has 0 radical (unpaired) electrons. The third-order valence-electron chi connectivity index (χ3n) is 7.80. The number of carbonyl (C=O) groups excluding carboxylic acids is 1. The van der Waals surface area contributed by atoms with Crippen molar-refractivity contribution in [2.75, 3.05) is 42.5 Å². The number of ether oxygens (including phenoxy) is 1. The Morgan fingerprint density at radius 2 is 1.84 bits per heavy atom. The zero-order valence-corrected chi connectivity index (χ0v) is 22.1. The molecule has 0 aromatic carbocycles. The molecule has 3 aliphatic rings. The van der Waals surface area contributed by atoms with Crippen molar-refractivity contribution in [2.24, 2.45) is 11.7 Å². The van der Waals surface area contributed by atoms with Crippen LogP contribution in [0.15, 0.2) is 16.9 Å². The highest BCUT2D eigenvalue weighted by Gasteiger charge is 2.45. The normalized spacial score (nSPS) is 25.3. The summed E-state index contributed by atoms with van der Waals surface area (Å²) in [5, 5.41) is 4.05. The zero-order chi connectivity index (χ0) is 27.0. The van der Waals surface area contributed by atoms with Gasteiger partial charge in [-0.15, -0.1) is 0 Å². The van der Waals surface area contributed by atoms with E-state index in [4.69, 9.17) is 15.0 Å². The van der Waals surface area contributed by atoms with Gasteiger partial charge in [0, 0.05) is 51.0 Å². The minimum atomic E-state index is -2.88. The quantitative estimate of drug-likeness (QED) is 0.566. The van der Waals surface area contributed by atoms with Crippen LogP contribution in [0.3, 0.4) is 0 Å². The Balaban J connectivity index is 1.13. The summed E-state index contributed by atoms with van der Waals surface area (Å²) in [4.78, 5) is 30.9. The first-order valence-corrected chi connectivity index (χ1v) is 13.3. The summed E-state index contributed by atoms with van der Waals surface area (Å²) in [7, 11) is 0. The van der Waals surface area contributed by atoms with Gasteiger partial charge >= 0.3 is 6.01 Å². The predicted octanol–water partition coefficient (Wildman–Crippen LogP) is 2.44. The molecule has 3 fully saturated rings. The van der Waals surface area contributed by atoms with Crippen molar-refractivity contribution in [3.63, 3.8) is 0 Å². The Labute approximate surface area is 220 Å². The molecule has 5 rings (SSSR count). The summed E-state index contributed by atoms with van der Waals surface area (Å²) in [6.45, 7) is 7.86.